The first-order chi connectivity index (χ1) is 37.0. The van der Waals surface area contributed by atoms with Crippen molar-refractivity contribution in [3.63, 3.8) is 0 Å². The third kappa shape index (κ3) is 60.8. The van der Waals surface area contributed by atoms with E-state index in [1.165, 1.54) is 122 Å². The van der Waals surface area contributed by atoms with Crippen LogP contribution in [-0.2, 0) is 28.6 Å². The molecule has 1 unspecified atom stereocenters. The maximum Gasteiger partial charge on any atom is 0.306 e. The molecule has 0 aliphatic heterocycles. The lowest BCUT2D eigenvalue weighted by atomic mass is 10.1. The van der Waals surface area contributed by atoms with Gasteiger partial charge in [0.15, 0.2) is 6.10 Å². The fourth-order valence-electron chi connectivity index (χ4n) is 8.57. The van der Waals surface area contributed by atoms with Crippen molar-refractivity contribution >= 4 is 17.9 Å². The first-order valence-corrected chi connectivity index (χ1v) is 31.4. The van der Waals surface area contributed by atoms with E-state index < -0.39 is 6.10 Å². The van der Waals surface area contributed by atoms with E-state index in [-0.39, 0.29) is 31.1 Å². The van der Waals surface area contributed by atoms with E-state index in [0.29, 0.717) is 19.3 Å². The largest absolute Gasteiger partial charge is 0.462 e. The van der Waals surface area contributed by atoms with Gasteiger partial charge in [-0.15, -0.1) is 0 Å². The monoisotopic (exact) mass is 1040 g/mol. The summed E-state index contributed by atoms with van der Waals surface area (Å²) < 4.78 is 16.9. The fraction of sp³-hybridized carbons (Fsp3) is 0.696. The number of carbonyl (C=O) groups is 3. The van der Waals surface area contributed by atoms with Crippen LogP contribution in [0.3, 0.4) is 0 Å². The molecule has 0 bridgehead atoms. The Morgan fingerprint density at radius 3 is 0.840 bits per heavy atom. The van der Waals surface area contributed by atoms with E-state index in [9.17, 15) is 14.4 Å². The second-order valence-corrected chi connectivity index (χ2v) is 20.6. The number of rotatable bonds is 56. The summed E-state index contributed by atoms with van der Waals surface area (Å²) in [6.45, 7) is 6.49. The lowest BCUT2D eigenvalue weighted by molar-refractivity contribution is -0.167. The van der Waals surface area contributed by atoms with E-state index in [1.54, 1.807) is 0 Å². The van der Waals surface area contributed by atoms with Crippen LogP contribution in [0.2, 0.25) is 0 Å². The topological polar surface area (TPSA) is 78.9 Å². The van der Waals surface area contributed by atoms with Crippen LogP contribution >= 0.6 is 0 Å². The third-order valence-electron chi connectivity index (χ3n) is 13.3. The summed E-state index contributed by atoms with van der Waals surface area (Å²) in [4.78, 5) is 38.2. The maximum atomic E-state index is 12.9. The Morgan fingerprint density at radius 1 is 0.280 bits per heavy atom. The van der Waals surface area contributed by atoms with Crippen LogP contribution in [0, 0.1) is 0 Å². The maximum absolute atomic E-state index is 12.9. The van der Waals surface area contributed by atoms with Crippen LogP contribution in [0.25, 0.3) is 0 Å². The van der Waals surface area contributed by atoms with E-state index in [2.05, 4.69) is 130 Å². The van der Waals surface area contributed by atoms with E-state index in [4.69, 9.17) is 14.2 Å². The highest BCUT2D eigenvalue weighted by atomic mass is 16.6. The second kappa shape index (κ2) is 62.6. The quantitative estimate of drug-likeness (QED) is 0.0261. The summed E-state index contributed by atoms with van der Waals surface area (Å²) >= 11 is 0. The van der Waals surface area contributed by atoms with Crippen LogP contribution in [0.15, 0.2) is 109 Å². The molecule has 0 aliphatic carbocycles. The molecule has 0 radical (unpaired) electrons. The summed E-state index contributed by atoms with van der Waals surface area (Å²) in [5.74, 6) is -0.904. The number of ether oxygens (including phenoxy) is 3. The molecule has 6 nitrogen and oxygen atoms in total. The molecule has 0 aromatic heterocycles. The lowest BCUT2D eigenvalue weighted by Crippen LogP contribution is -2.30. The Morgan fingerprint density at radius 2 is 0.520 bits per heavy atom. The van der Waals surface area contributed by atoms with Crippen molar-refractivity contribution in [3.8, 4) is 0 Å². The molecule has 0 aliphatic rings. The Hall–Kier alpha value is -3.93. The van der Waals surface area contributed by atoms with Gasteiger partial charge < -0.3 is 14.2 Å². The molecular weight excluding hydrogens is 925 g/mol. The number of unbranched alkanes of at least 4 members (excludes halogenated alkanes) is 27. The zero-order chi connectivity index (χ0) is 54.3. The van der Waals surface area contributed by atoms with Crippen LogP contribution in [0.4, 0.5) is 0 Å². The second-order valence-electron chi connectivity index (χ2n) is 20.6. The first-order valence-electron chi connectivity index (χ1n) is 31.4. The van der Waals surface area contributed by atoms with Gasteiger partial charge in [-0.05, 0) is 109 Å². The standard InChI is InChI=1S/C69H116O6/c1-4-7-10-13-16-19-22-24-26-28-30-31-32-33-34-35-36-37-39-40-42-44-47-50-53-56-59-62-68(71)74-65-66(64-73-67(70)61-58-55-52-49-46-21-18-15-12-9-6-3)75-69(72)63-60-57-54-51-48-45-43-41-38-29-27-25-23-20-17-14-11-8-5-2/h7,10,16-17,19-20,24-27,30-31,33-34,36-37,40,42,66H,4-6,8-9,11-15,18,21-23,28-29,32,35,38-39,41,43-65H2,1-3H3/b10-7-,19-16-,20-17-,26-24-,27-25-,31-30-,34-33-,37-36-,42-40-. The Kier molecular flexibility index (Phi) is 59.3. The summed E-state index contributed by atoms with van der Waals surface area (Å²) in [6, 6.07) is 0. The van der Waals surface area contributed by atoms with Gasteiger partial charge in [-0.2, -0.15) is 0 Å². The van der Waals surface area contributed by atoms with E-state index in [1.807, 2.05) is 0 Å². The number of hydrogen-bond donors (Lipinski definition) is 0. The third-order valence-corrected chi connectivity index (χ3v) is 13.3. The first kappa shape index (κ1) is 71.1. The number of esters is 3. The summed E-state index contributed by atoms with van der Waals surface area (Å²) in [7, 11) is 0. The predicted octanol–water partition coefficient (Wildman–Crippen LogP) is 21.4. The van der Waals surface area contributed by atoms with Crippen LogP contribution in [0.5, 0.6) is 0 Å². The normalized spacial score (nSPS) is 12.8. The van der Waals surface area contributed by atoms with Crippen molar-refractivity contribution in [2.45, 2.75) is 297 Å². The molecule has 0 heterocycles. The Bertz CT molecular complexity index is 1520. The van der Waals surface area contributed by atoms with Crippen molar-refractivity contribution in [1.82, 2.24) is 0 Å². The van der Waals surface area contributed by atoms with E-state index >= 15 is 0 Å². The van der Waals surface area contributed by atoms with Crippen LogP contribution in [-0.4, -0.2) is 37.2 Å². The molecule has 0 saturated heterocycles. The molecule has 0 aromatic rings. The minimum atomic E-state index is -0.789. The van der Waals surface area contributed by atoms with Crippen molar-refractivity contribution in [3.05, 3.63) is 109 Å². The SMILES string of the molecule is CC/C=C\C/C=C\C/C=C\C/C=C\C/C=C\C/C=C\C/C=C\CCCCCCCC(=O)OCC(COC(=O)CCCCCCCCCCCCC)OC(=O)CCCCCCCCCCC/C=C\C/C=C\CCCCC. The molecule has 0 aromatic carbocycles. The molecular formula is C69H116O6. The van der Waals surface area contributed by atoms with Crippen molar-refractivity contribution < 1.29 is 28.6 Å². The van der Waals surface area contributed by atoms with E-state index in [0.717, 1.165) is 128 Å². The summed E-state index contributed by atoms with van der Waals surface area (Å²) in [6.07, 6.45) is 85.1. The zero-order valence-corrected chi connectivity index (χ0v) is 49.0. The van der Waals surface area contributed by atoms with Gasteiger partial charge in [0.2, 0.25) is 0 Å². The van der Waals surface area contributed by atoms with Gasteiger partial charge in [-0.3, -0.25) is 14.4 Å². The van der Waals surface area contributed by atoms with Gasteiger partial charge in [0, 0.05) is 19.3 Å². The summed E-state index contributed by atoms with van der Waals surface area (Å²) in [5.41, 5.74) is 0. The van der Waals surface area contributed by atoms with Crippen molar-refractivity contribution in [1.29, 1.82) is 0 Å². The Labute approximate surface area is 463 Å². The van der Waals surface area contributed by atoms with Crippen LogP contribution in [0.1, 0.15) is 290 Å². The molecule has 0 spiro atoms. The van der Waals surface area contributed by atoms with Gasteiger partial charge in [-0.25, -0.2) is 0 Å². The molecule has 0 amide bonds. The minimum absolute atomic E-state index is 0.0848. The highest BCUT2D eigenvalue weighted by molar-refractivity contribution is 5.71. The van der Waals surface area contributed by atoms with Crippen LogP contribution < -0.4 is 0 Å². The molecule has 0 N–H and O–H groups in total. The molecule has 75 heavy (non-hydrogen) atoms. The smallest absolute Gasteiger partial charge is 0.306 e. The molecule has 1 atom stereocenters. The van der Waals surface area contributed by atoms with Crippen molar-refractivity contribution in [2.75, 3.05) is 13.2 Å². The predicted molar refractivity (Wildman–Crippen MR) is 325 cm³/mol. The highest BCUT2D eigenvalue weighted by Gasteiger charge is 2.19. The van der Waals surface area contributed by atoms with Gasteiger partial charge in [0.1, 0.15) is 13.2 Å². The molecule has 0 fully saturated rings. The molecule has 6 heteroatoms. The van der Waals surface area contributed by atoms with Gasteiger partial charge in [0.25, 0.3) is 0 Å². The highest BCUT2D eigenvalue weighted by Crippen LogP contribution is 2.15. The Balaban J connectivity index is 4.35. The lowest BCUT2D eigenvalue weighted by Gasteiger charge is -2.18. The number of allylic oxidation sites excluding steroid dienone is 18. The molecule has 0 rings (SSSR count). The molecule has 0 saturated carbocycles. The van der Waals surface area contributed by atoms with Gasteiger partial charge >= 0.3 is 17.9 Å². The number of hydrogen-bond acceptors (Lipinski definition) is 6. The van der Waals surface area contributed by atoms with Gasteiger partial charge in [0.05, 0.1) is 0 Å². The minimum Gasteiger partial charge on any atom is -0.462 e. The molecule has 428 valence electrons. The summed E-state index contributed by atoms with van der Waals surface area (Å²) in [5, 5.41) is 0. The average Bonchev–Trinajstić information content (AvgIpc) is 3.41. The van der Waals surface area contributed by atoms with Gasteiger partial charge in [-0.1, -0.05) is 271 Å². The zero-order valence-electron chi connectivity index (χ0n) is 49.0. The fourth-order valence-corrected chi connectivity index (χ4v) is 8.57. The number of carbonyl (C=O) groups excluding carboxylic acids is 3. The average molecular weight is 1040 g/mol. The van der Waals surface area contributed by atoms with Crippen molar-refractivity contribution in [2.24, 2.45) is 0 Å².